The molecule has 0 aliphatic carbocycles. The fraction of sp³-hybridized carbons (Fsp3) is 0.222. The van der Waals surface area contributed by atoms with Crippen molar-refractivity contribution in [3.05, 3.63) is 94.8 Å². The fourth-order valence-electron chi connectivity index (χ4n) is 4.29. The van der Waals surface area contributed by atoms with E-state index in [9.17, 15) is 4.79 Å². The average Bonchev–Trinajstić information content (AvgIpc) is 3.57. The van der Waals surface area contributed by atoms with Crippen LogP contribution < -0.4 is 10.4 Å². The molecule has 2 aromatic carbocycles. The third kappa shape index (κ3) is 4.55. The van der Waals surface area contributed by atoms with Gasteiger partial charge in [-0.25, -0.2) is 4.79 Å². The van der Waals surface area contributed by atoms with E-state index in [1.165, 1.54) is 0 Å². The molecule has 5 rings (SSSR count). The molecule has 182 valence electrons. The number of imidazole rings is 1. The summed E-state index contributed by atoms with van der Waals surface area (Å²) in [7, 11) is 1.61. The van der Waals surface area contributed by atoms with Crippen molar-refractivity contribution in [3.63, 3.8) is 0 Å². The summed E-state index contributed by atoms with van der Waals surface area (Å²) in [6.07, 6.45) is 6.61. The number of aromatic nitrogens is 7. The highest BCUT2D eigenvalue weighted by Gasteiger charge is 2.16. The van der Waals surface area contributed by atoms with Crippen molar-refractivity contribution >= 4 is 0 Å². The van der Waals surface area contributed by atoms with Gasteiger partial charge in [0.2, 0.25) is 5.82 Å². The molecule has 0 fully saturated rings. The summed E-state index contributed by atoms with van der Waals surface area (Å²) in [5.41, 5.74) is 5.11. The molecular formula is C27H27N7O2. The molecule has 0 atom stereocenters. The van der Waals surface area contributed by atoms with E-state index in [-0.39, 0.29) is 5.69 Å². The lowest BCUT2D eigenvalue weighted by Crippen LogP contribution is -2.25. The molecule has 0 aliphatic rings. The van der Waals surface area contributed by atoms with Crippen LogP contribution in [0, 0.1) is 0 Å². The first-order valence-electron chi connectivity index (χ1n) is 11.9. The van der Waals surface area contributed by atoms with E-state index in [1.807, 2.05) is 77.6 Å². The zero-order valence-corrected chi connectivity index (χ0v) is 20.3. The van der Waals surface area contributed by atoms with Crippen LogP contribution in [-0.2, 0) is 13.0 Å². The van der Waals surface area contributed by atoms with Crippen molar-refractivity contribution in [1.82, 2.24) is 34.7 Å². The van der Waals surface area contributed by atoms with Crippen LogP contribution >= 0.6 is 0 Å². The maximum atomic E-state index is 13.5. The molecule has 9 heteroatoms. The molecule has 3 aromatic heterocycles. The van der Waals surface area contributed by atoms with Crippen LogP contribution in [0.1, 0.15) is 31.0 Å². The highest BCUT2D eigenvalue weighted by atomic mass is 16.5. The topological polar surface area (TPSA) is 104 Å². The molecule has 3 heterocycles. The summed E-state index contributed by atoms with van der Waals surface area (Å²) in [6, 6.07) is 19.3. The minimum absolute atomic E-state index is 0.0999. The summed E-state index contributed by atoms with van der Waals surface area (Å²) in [5, 5.41) is 14.4. The molecule has 0 unspecified atom stereocenters. The number of nitrogens with zero attached hydrogens (tertiary/aromatic N) is 6. The monoisotopic (exact) mass is 481 g/mol. The highest BCUT2D eigenvalue weighted by Crippen LogP contribution is 2.28. The Balaban J connectivity index is 1.48. The van der Waals surface area contributed by atoms with Gasteiger partial charge in [0.25, 0.3) is 0 Å². The fourth-order valence-corrected chi connectivity index (χ4v) is 4.29. The zero-order chi connectivity index (χ0) is 24.9. The molecule has 5 aromatic rings. The molecule has 0 radical (unpaired) electrons. The van der Waals surface area contributed by atoms with Crippen molar-refractivity contribution in [1.29, 1.82) is 0 Å². The van der Waals surface area contributed by atoms with Crippen molar-refractivity contribution < 1.29 is 4.74 Å². The molecular weight excluding hydrogens is 454 g/mol. The second-order valence-corrected chi connectivity index (χ2v) is 8.47. The number of unbranched alkanes of at least 4 members (excludes halogenated alkanes) is 1. The molecule has 1 N–H and O–H groups in total. The third-order valence-corrected chi connectivity index (χ3v) is 6.15. The van der Waals surface area contributed by atoms with E-state index in [0.717, 1.165) is 53.0 Å². The summed E-state index contributed by atoms with van der Waals surface area (Å²) in [4.78, 5) is 18.2. The van der Waals surface area contributed by atoms with E-state index in [4.69, 9.17) is 9.72 Å². The molecule has 0 spiro atoms. The number of aryl methyl sites for hydroxylation is 1. The van der Waals surface area contributed by atoms with Crippen molar-refractivity contribution in [2.75, 3.05) is 7.11 Å². The summed E-state index contributed by atoms with van der Waals surface area (Å²) < 4.78 is 9.00. The summed E-state index contributed by atoms with van der Waals surface area (Å²) in [5.74, 6) is 1.17. The number of para-hydroxylation sites is 2. The number of hydrogen-bond acceptors (Lipinski definition) is 6. The van der Waals surface area contributed by atoms with Crippen LogP contribution in [0.15, 0.2) is 77.9 Å². The Labute approximate surface area is 208 Å². The van der Waals surface area contributed by atoms with Gasteiger partial charge in [-0.1, -0.05) is 55.8 Å². The predicted molar refractivity (Wildman–Crippen MR) is 137 cm³/mol. The van der Waals surface area contributed by atoms with Gasteiger partial charge in [-0.05, 0) is 41.8 Å². The lowest BCUT2D eigenvalue weighted by atomic mass is 10.0. The van der Waals surface area contributed by atoms with E-state index in [2.05, 4.69) is 27.5 Å². The minimum atomic E-state index is -0.0999. The summed E-state index contributed by atoms with van der Waals surface area (Å²) >= 11 is 0. The SMILES string of the molecule is CCCCc1cn(-c2ccccc2OC)c(=O)n1Cc1ccc(-c2ccccc2-c2nn[nH]n2)nc1. The van der Waals surface area contributed by atoms with Crippen LogP contribution in [0.4, 0.5) is 0 Å². The van der Waals surface area contributed by atoms with Gasteiger partial charge in [0.1, 0.15) is 5.75 Å². The van der Waals surface area contributed by atoms with E-state index >= 15 is 0 Å². The smallest absolute Gasteiger partial charge is 0.333 e. The normalized spacial score (nSPS) is 11.1. The van der Waals surface area contributed by atoms with Crippen LogP contribution in [0.5, 0.6) is 5.75 Å². The number of pyridine rings is 1. The van der Waals surface area contributed by atoms with Crippen LogP contribution in [0.3, 0.4) is 0 Å². The first-order valence-corrected chi connectivity index (χ1v) is 11.9. The Morgan fingerprint density at radius 1 is 1.00 bits per heavy atom. The van der Waals surface area contributed by atoms with E-state index in [1.54, 1.807) is 11.7 Å². The van der Waals surface area contributed by atoms with Gasteiger partial charge < -0.3 is 4.74 Å². The predicted octanol–water partition coefficient (Wildman–Crippen LogP) is 4.28. The summed E-state index contributed by atoms with van der Waals surface area (Å²) in [6.45, 7) is 2.58. The zero-order valence-electron chi connectivity index (χ0n) is 20.3. The van der Waals surface area contributed by atoms with Gasteiger partial charge in [0.05, 0.1) is 25.0 Å². The van der Waals surface area contributed by atoms with E-state index < -0.39 is 0 Å². The number of aromatic amines is 1. The number of nitrogens with one attached hydrogen (secondary N) is 1. The second kappa shape index (κ2) is 10.4. The molecule has 9 nitrogen and oxygen atoms in total. The van der Waals surface area contributed by atoms with Gasteiger partial charge in [-0.2, -0.15) is 5.21 Å². The Kier molecular flexibility index (Phi) is 6.70. The Morgan fingerprint density at radius 3 is 2.53 bits per heavy atom. The van der Waals surface area contributed by atoms with E-state index in [0.29, 0.717) is 18.1 Å². The molecule has 0 aliphatic heterocycles. The number of H-pyrrole nitrogens is 1. The number of hydrogen-bond donors (Lipinski definition) is 1. The lowest BCUT2D eigenvalue weighted by Gasteiger charge is -2.09. The first-order chi connectivity index (χ1) is 17.7. The van der Waals surface area contributed by atoms with Crippen LogP contribution in [0.2, 0.25) is 0 Å². The number of ether oxygens (including phenoxy) is 1. The molecule has 36 heavy (non-hydrogen) atoms. The third-order valence-electron chi connectivity index (χ3n) is 6.15. The van der Waals surface area contributed by atoms with Crippen molar-refractivity contribution in [3.8, 4) is 34.1 Å². The molecule has 0 bridgehead atoms. The van der Waals surface area contributed by atoms with Gasteiger partial charge in [-0.15, -0.1) is 10.2 Å². The molecule has 0 amide bonds. The second-order valence-electron chi connectivity index (χ2n) is 8.47. The first kappa shape index (κ1) is 23.2. The van der Waals surface area contributed by atoms with Gasteiger partial charge >= 0.3 is 5.69 Å². The largest absolute Gasteiger partial charge is 0.495 e. The number of methoxy groups -OCH3 is 1. The standard InChI is InChI=1S/C27H27N7O2/c1-3-4-9-20-18-34(24-12-7-8-13-25(24)36-2)27(35)33(20)17-19-14-15-23(28-16-19)21-10-5-6-11-22(21)26-29-31-32-30-26/h5-8,10-16,18H,3-4,9,17H2,1-2H3,(H,29,30,31,32). The maximum Gasteiger partial charge on any atom is 0.333 e. The average molecular weight is 482 g/mol. The lowest BCUT2D eigenvalue weighted by molar-refractivity contribution is 0.412. The van der Waals surface area contributed by atoms with Crippen molar-refractivity contribution in [2.45, 2.75) is 32.7 Å². The van der Waals surface area contributed by atoms with Crippen LogP contribution in [-0.4, -0.2) is 41.9 Å². The molecule has 0 saturated carbocycles. The minimum Gasteiger partial charge on any atom is -0.495 e. The number of rotatable bonds is 9. The Morgan fingerprint density at radius 2 is 1.81 bits per heavy atom. The maximum absolute atomic E-state index is 13.5. The highest BCUT2D eigenvalue weighted by molar-refractivity contribution is 5.78. The van der Waals surface area contributed by atoms with Gasteiger partial charge in [0, 0.05) is 29.2 Å². The number of tetrazole rings is 1. The van der Waals surface area contributed by atoms with Crippen molar-refractivity contribution in [2.24, 2.45) is 0 Å². The van der Waals surface area contributed by atoms with Gasteiger partial charge in [-0.3, -0.25) is 14.1 Å². The Hall–Kier alpha value is -4.53. The number of benzene rings is 2. The molecule has 0 saturated heterocycles. The van der Waals surface area contributed by atoms with Gasteiger partial charge in [0.15, 0.2) is 0 Å². The quantitative estimate of drug-likeness (QED) is 0.337. The van der Waals surface area contributed by atoms with Crippen LogP contribution in [0.25, 0.3) is 28.3 Å². The Bertz CT molecular complexity index is 1500.